The van der Waals surface area contributed by atoms with Crippen LogP contribution in [0.4, 0.5) is 5.69 Å². The van der Waals surface area contributed by atoms with E-state index in [9.17, 15) is 18.0 Å². The summed E-state index contributed by atoms with van der Waals surface area (Å²) in [5.74, 6) is -0.688. The van der Waals surface area contributed by atoms with Crippen molar-refractivity contribution in [1.82, 2.24) is 10.2 Å². The summed E-state index contributed by atoms with van der Waals surface area (Å²) in [6, 6.07) is 21.8. The van der Waals surface area contributed by atoms with Crippen LogP contribution in [0.25, 0.3) is 0 Å². The summed E-state index contributed by atoms with van der Waals surface area (Å²) < 4.78 is 29.5. The first kappa shape index (κ1) is 29.8. The van der Waals surface area contributed by atoms with E-state index in [1.807, 2.05) is 31.2 Å². The van der Waals surface area contributed by atoms with E-state index < -0.39 is 28.5 Å². The van der Waals surface area contributed by atoms with Gasteiger partial charge >= 0.3 is 0 Å². The first-order chi connectivity index (χ1) is 19.2. The van der Waals surface area contributed by atoms with Crippen LogP contribution in [0.5, 0.6) is 0 Å². The number of carbonyl (C=O) groups excluding carboxylic acids is 2. The largest absolute Gasteiger partial charge is 0.352 e. The zero-order valence-corrected chi connectivity index (χ0v) is 25.3. The number of hydrogen-bond donors (Lipinski definition) is 1. The lowest BCUT2D eigenvalue weighted by Crippen LogP contribution is -2.53. The van der Waals surface area contributed by atoms with Gasteiger partial charge in [-0.3, -0.25) is 13.9 Å². The first-order valence-corrected chi connectivity index (χ1v) is 15.9. The summed E-state index contributed by atoms with van der Waals surface area (Å²) in [7, 11) is -4.08. The van der Waals surface area contributed by atoms with Crippen molar-refractivity contribution < 1.29 is 18.0 Å². The number of halogens is 1. The van der Waals surface area contributed by atoms with Crippen molar-refractivity contribution in [2.45, 2.75) is 69.5 Å². The minimum absolute atomic E-state index is 0.0827. The minimum Gasteiger partial charge on any atom is -0.352 e. The molecule has 0 aromatic heterocycles. The van der Waals surface area contributed by atoms with E-state index in [-0.39, 0.29) is 23.4 Å². The van der Waals surface area contributed by atoms with E-state index in [0.29, 0.717) is 5.69 Å². The van der Waals surface area contributed by atoms with Crippen LogP contribution in [-0.4, -0.2) is 43.8 Å². The maximum atomic E-state index is 14.1. The fraction of sp³-hybridized carbons (Fsp3) is 0.355. The molecule has 3 aromatic rings. The second-order valence-corrected chi connectivity index (χ2v) is 13.0. The molecule has 40 heavy (non-hydrogen) atoms. The Bertz CT molecular complexity index is 1410. The highest BCUT2D eigenvalue weighted by Crippen LogP contribution is 2.26. The molecule has 3 aromatic carbocycles. The smallest absolute Gasteiger partial charge is 0.264 e. The average molecular weight is 627 g/mol. The predicted molar refractivity (Wildman–Crippen MR) is 161 cm³/mol. The Balaban J connectivity index is 1.67. The predicted octanol–water partition coefficient (Wildman–Crippen LogP) is 5.82. The molecule has 1 N–H and O–H groups in total. The van der Waals surface area contributed by atoms with Crippen molar-refractivity contribution in [2.75, 3.05) is 10.8 Å². The molecule has 7 nitrogen and oxygen atoms in total. The van der Waals surface area contributed by atoms with Gasteiger partial charge in [-0.25, -0.2) is 8.42 Å². The van der Waals surface area contributed by atoms with Gasteiger partial charge in [0.05, 0.1) is 10.6 Å². The van der Waals surface area contributed by atoms with E-state index in [2.05, 4.69) is 21.2 Å². The summed E-state index contributed by atoms with van der Waals surface area (Å²) >= 11 is 3.40. The third kappa shape index (κ3) is 7.31. The summed E-state index contributed by atoms with van der Waals surface area (Å²) in [5.41, 5.74) is 2.24. The van der Waals surface area contributed by atoms with E-state index in [4.69, 9.17) is 0 Å². The number of rotatable bonds is 10. The van der Waals surface area contributed by atoms with Crippen LogP contribution in [0.2, 0.25) is 0 Å². The molecule has 9 heteroatoms. The SMILES string of the molecule is Cc1ccccc1CN(C(=O)CN(c1ccc(Br)cc1)S(=O)(=O)c1ccccc1)[C@H](C)C(=O)NC1CCCCC1. The molecule has 0 aliphatic heterocycles. The molecule has 1 aliphatic rings. The summed E-state index contributed by atoms with van der Waals surface area (Å²) in [4.78, 5) is 29.0. The molecule has 1 atom stereocenters. The molecule has 4 rings (SSSR count). The van der Waals surface area contributed by atoms with Crippen LogP contribution in [-0.2, 0) is 26.2 Å². The average Bonchev–Trinajstić information content (AvgIpc) is 2.96. The molecule has 0 saturated heterocycles. The van der Waals surface area contributed by atoms with Crippen molar-refractivity contribution >= 4 is 43.5 Å². The van der Waals surface area contributed by atoms with Gasteiger partial charge in [-0.15, -0.1) is 0 Å². The lowest BCUT2D eigenvalue weighted by molar-refractivity contribution is -0.139. The monoisotopic (exact) mass is 625 g/mol. The highest BCUT2D eigenvalue weighted by molar-refractivity contribution is 9.10. The number of aryl methyl sites for hydroxylation is 1. The zero-order valence-electron chi connectivity index (χ0n) is 22.9. The number of carbonyl (C=O) groups is 2. The van der Waals surface area contributed by atoms with Crippen molar-refractivity contribution in [2.24, 2.45) is 0 Å². The number of anilines is 1. The topological polar surface area (TPSA) is 86.8 Å². The Kier molecular flexibility index (Phi) is 10.0. The third-order valence-electron chi connectivity index (χ3n) is 7.45. The van der Waals surface area contributed by atoms with Gasteiger partial charge in [-0.2, -0.15) is 0 Å². The molecule has 212 valence electrons. The Morgan fingerprint density at radius 1 is 0.925 bits per heavy atom. The summed E-state index contributed by atoms with van der Waals surface area (Å²) in [6.07, 6.45) is 5.17. The molecule has 0 unspecified atom stereocenters. The van der Waals surface area contributed by atoms with Crippen molar-refractivity contribution in [3.05, 3.63) is 94.5 Å². The van der Waals surface area contributed by atoms with E-state index in [1.165, 1.54) is 23.5 Å². The van der Waals surface area contributed by atoms with Gasteiger partial charge in [-0.1, -0.05) is 77.7 Å². The molecular weight excluding hydrogens is 590 g/mol. The minimum atomic E-state index is -4.08. The maximum absolute atomic E-state index is 14.1. The fourth-order valence-corrected chi connectivity index (χ4v) is 6.68. The molecule has 1 saturated carbocycles. The van der Waals surface area contributed by atoms with Gasteiger partial charge in [0.1, 0.15) is 12.6 Å². The maximum Gasteiger partial charge on any atom is 0.264 e. The number of nitrogens with one attached hydrogen (secondary N) is 1. The van der Waals surface area contributed by atoms with Gasteiger partial charge in [0.15, 0.2) is 0 Å². The van der Waals surface area contributed by atoms with Crippen LogP contribution < -0.4 is 9.62 Å². The van der Waals surface area contributed by atoms with E-state index >= 15 is 0 Å². The van der Waals surface area contributed by atoms with Gasteiger partial charge in [0, 0.05) is 17.1 Å². The lowest BCUT2D eigenvalue weighted by atomic mass is 9.95. The van der Waals surface area contributed by atoms with Crippen molar-refractivity contribution in [3.8, 4) is 0 Å². The number of benzene rings is 3. The standard InChI is InChI=1S/C31H36BrN3O4S/c1-23-11-9-10-12-25(23)21-34(24(2)31(37)33-27-13-5-3-6-14-27)30(36)22-35(28-19-17-26(32)18-20-28)40(38,39)29-15-7-4-8-16-29/h4,7-12,15-20,24,27H,3,5-6,13-14,21-22H2,1-2H3,(H,33,37)/t24-/m1/s1. The van der Waals surface area contributed by atoms with Crippen LogP contribution in [0, 0.1) is 6.92 Å². The zero-order chi connectivity index (χ0) is 28.7. The van der Waals surface area contributed by atoms with Gasteiger partial charge < -0.3 is 10.2 Å². The Morgan fingerprint density at radius 3 is 2.20 bits per heavy atom. The van der Waals surface area contributed by atoms with E-state index in [1.54, 1.807) is 49.4 Å². The van der Waals surface area contributed by atoms with Crippen LogP contribution in [0.3, 0.4) is 0 Å². The molecule has 1 fully saturated rings. The highest BCUT2D eigenvalue weighted by Gasteiger charge is 2.33. The normalized spacial score (nSPS) is 14.8. The summed E-state index contributed by atoms with van der Waals surface area (Å²) in [6.45, 7) is 3.40. The Hall–Kier alpha value is -3.17. The van der Waals surface area contributed by atoms with Crippen LogP contribution in [0.15, 0.2) is 88.2 Å². The Labute approximate surface area is 245 Å². The summed E-state index contributed by atoms with van der Waals surface area (Å²) in [5, 5.41) is 3.13. The fourth-order valence-electron chi connectivity index (χ4n) is 4.98. The van der Waals surface area contributed by atoms with Crippen LogP contribution in [0.1, 0.15) is 50.2 Å². The quantitative estimate of drug-likeness (QED) is 0.308. The first-order valence-electron chi connectivity index (χ1n) is 13.6. The lowest BCUT2D eigenvalue weighted by Gasteiger charge is -2.33. The van der Waals surface area contributed by atoms with Gasteiger partial charge in [-0.05, 0) is 74.2 Å². The van der Waals surface area contributed by atoms with Crippen molar-refractivity contribution in [3.63, 3.8) is 0 Å². The Morgan fingerprint density at radius 2 is 1.55 bits per heavy atom. The number of hydrogen-bond acceptors (Lipinski definition) is 4. The van der Waals surface area contributed by atoms with Crippen molar-refractivity contribution in [1.29, 1.82) is 0 Å². The highest BCUT2D eigenvalue weighted by atomic mass is 79.9. The molecule has 2 amide bonds. The molecule has 0 radical (unpaired) electrons. The molecule has 0 bridgehead atoms. The number of sulfonamides is 1. The van der Waals surface area contributed by atoms with Gasteiger partial charge in [0.25, 0.3) is 10.0 Å². The third-order valence-corrected chi connectivity index (χ3v) is 9.76. The van der Waals surface area contributed by atoms with Crippen LogP contribution >= 0.6 is 15.9 Å². The molecular formula is C31H36BrN3O4S. The van der Waals surface area contributed by atoms with E-state index in [0.717, 1.165) is 45.6 Å². The van der Waals surface area contributed by atoms with Gasteiger partial charge in [0.2, 0.25) is 11.8 Å². The molecule has 0 heterocycles. The second kappa shape index (κ2) is 13.5. The molecule has 1 aliphatic carbocycles. The molecule has 0 spiro atoms. The number of amides is 2. The number of nitrogens with zero attached hydrogens (tertiary/aromatic N) is 2. The second-order valence-electron chi connectivity index (χ2n) is 10.3.